The zero-order valence-corrected chi connectivity index (χ0v) is 18.9. The Bertz CT molecular complexity index is 1350. The monoisotopic (exact) mass is 436 g/mol. The van der Waals surface area contributed by atoms with Crippen LogP contribution in [0, 0.1) is 6.92 Å². The minimum Gasteiger partial charge on any atom is -0.466 e. The fourth-order valence-electron chi connectivity index (χ4n) is 3.73. The smallest absolute Gasteiger partial charge is 0.338 e. The molecule has 1 aromatic carbocycles. The van der Waals surface area contributed by atoms with Crippen LogP contribution >= 0.6 is 11.3 Å². The SMILES string of the molecule is COC(=O)C1=C(C)N=c2sc(=Cc3ccc(C)o3)c(=O)n2C1c1ccc(C(C)C)cc1. The number of aryl methyl sites for hydroxylation is 1. The maximum atomic E-state index is 13.4. The molecule has 1 aliphatic heterocycles. The minimum absolute atomic E-state index is 0.218. The molecule has 2 aromatic heterocycles. The number of rotatable bonds is 4. The lowest BCUT2D eigenvalue weighted by atomic mass is 9.93. The highest BCUT2D eigenvalue weighted by atomic mass is 32.1. The van der Waals surface area contributed by atoms with Crippen LogP contribution in [0.5, 0.6) is 0 Å². The van der Waals surface area contributed by atoms with Gasteiger partial charge >= 0.3 is 5.97 Å². The third kappa shape index (κ3) is 3.81. The van der Waals surface area contributed by atoms with Crippen molar-refractivity contribution in [3.63, 3.8) is 0 Å². The molecule has 0 amide bonds. The standard InChI is InChI=1S/C24H24N2O4S/c1-13(2)16-7-9-17(10-8-16)21-20(23(28)29-5)15(4)25-24-26(21)22(27)19(31-24)12-18-11-6-14(3)30-18/h6-13,21H,1-5H3. The Kier molecular flexibility index (Phi) is 5.54. The molecule has 0 saturated carbocycles. The molecular weight excluding hydrogens is 412 g/mol. The second kappa shape index (κ2) is 8.15. The second-order valence-electron chi connectivity index (χ2n) is 7.84. The normalized spacial score (nSPS) is 16.5. The van der Waals surface area contributed by atoms with Gasteiger partial charge < -0.3 is 9.15 Å². The topological polar surface area (TPSA) is 73.8 Å². The number of nitrogens with zero attached hydrogens (tertiary/aromatic N) is 2. The van der Waals surface area contributed by atoms with Crippen LogP contribution in [0.25, 0.3) is 6.08 Å². The van der Waals surface area contributed by atoms with Crippen LogP contribution in [0.2, 0.25) is 0 Å². The number of allylic oxidation sites excluding steroid dienone is 1. The van der Waals surface area contributed by atoms with Gasteiger partial charge in [0, 0.05) is 6.08 Å². The van der Waals surface area contributed by atoms with Gasteiger partial charge in [0.15, 0.2) is 4.80 Å². The number of carbonyl (C=O) groups is 1. The van der Waals surface area contributed by atoms with E-state index < -0.39 is 12.0 Å². The zero-order chi connectivity index (χ0) is 22.3. The molecule has 0 fully saturated rings. The molecule has 0 radical (unpaired) electrons. The van der Waals surface area contributed by atoms with Crippen molar-refractivity contribution in [1.29, 1.82) is 0 Å². The van der Waals surface area contributed by atoms with Gasteiger partial charge in [-0.1, -0.05) is 49.4 Å². The Morgan fingerprint density at radius 1 is 1.19 bits per heavy atom. The van der Waals surface area contributed by atoms with E-state index >= 15 is 0 Å². The first-order valence-electron chi connectivity index (χ1n) is 10.1. The molecule has 0 spiro atoms. The molecule has 4 rings (SSSR count). The number of methoxy groups -OCH3 is 1. The van der Waals surface area contributed by atoms with Gasteiger partial charge in [0.25, 0.3) is 5.56 Å². The van der Waals surface area contributed by atoms with Crippen LogP contribution < -0.4 is 14.9 Å². The summed E-state index contributed by atoms with van der Waals surface area (Å²) in [5.74, 6) is 1.26. The Labute approximate surface area is 183 Å². The van der Waals surface area contributed by atoms with Gasteiger partial charge in [-0.15, -0.1) is 0 Å². The first kappa shape index (κ1) is 21.1. The molecule has 0 bridgehead atoms. The van der Waals surface area contributed by atoms with E-state index in [1.807, 2.05) is 43.3 Å². The van der Waals surface area contributed by atoms with Gasteiger partial charge in [-0.3, -0.25) is 9.36 Å². The third-order valence-electron chi connectivity index (χ3n) is 5.38. The molecule has 0 aliphatic carbocycles. The Balaban J connectivity index is 1.95. The summed E-state index contributed by atoms with van der Waals surface area (Å²) in [5, 5.41) is 0. The molecule has 1 unspecified atom stereocenters. The highest BCUT2D eigenvalue weighted by Gasteiger charge is 2.33. The van der Waals surface area contributed by atoms with Gasteiger partial charge in [-0.2, -0.15) is 0 Å². The van der Waals surface area contributed by atoms with Crippen molar-refractivity contribution in [2.24, 2.45) is 4.99 Å². The van der Waals surface area contributed by atoms with E-state index in [1.54, 1.807) is 17.6 Å². The zero-order valence-electron chi connectivity index (χ0n) is 18.1. The molecule has 7 heteroatoms. The summed E-state index contributed by atoms with van der Waals surface area (Å²) in [4.78, 5) is 31.2. The van der Waals surface area contributed by atoms with E-state index in [2.05, 4.69) is 18.8 Å². The number of hydrogen-bond acceptors (Lipinski definition) is 6. The average Bonchev–Trinajstić information content (AvgIpc) is 3.29. The second-order valence-corrected chi connectivity index (χ2v) is 8.85. The van der Waals surface area contributed by atoms with Crippen LogP contribution in [-0.4, -0.2) is 17.6 Å². The average molecular weight is 437 g/mol. The summed E-state index contributed by atoms with van der Waals surface area (Å²) in [5.41, 5.74) is 2.72. The van der Waals surface area contributed by atoms with Crippen molar-refractivity contribution in [2.75, 3.05) is 7.11 Å². The Morgan fingerprint density at radius 2 is 1.90 bits per heavy atom. The summed E-state index contributed by atoms with van der Waals surface area (Å²) in [6.07, 6.45) is 1.72. The Hall–Kier alpha value is -3.19. The number of benzene rings is 1. The van der Waals surface area contributed by atoms with Gasteiger partial charge in [0.2, 0.25) is 0 Å². The molecule has 31 heavy (non-hydrogen) atoms. The first-order chi connectivity index (χ1) is 14.8. The maximum Gasteiger partial charge on any atom is 0.338 e. The van der Waals surface area contributed by atoms with Gasteiger partial charge in [0.05, 0.1) is 29.0 Å². The third-order valence-corrected chi connectivity index (χ3v) is 6.36. The summed E-state index contributed by atoms with van der Waals surface area (Å²) < 4.78 is 12.7. The molecule has 0 saturated heterocycles. The summed E-state index contributed by atoms with van der Waals surface area (Å²) in [6, 6.07) is 11.1. The lowest BCUT2D eigenvalue weighted by molar-refractivity contribution is -0.136. The Morgan fingerprint density at radius 3 is 2.48 bits per heavy atom. The predicted molar refractivity (Wildman–Crippen MR) is 120 cm³/mol. The first-order valence-corrected chi connectivity index (χ1v) is 10.9. The summed E-state index contributed by atoms with van der Waals surface area (Å²) >= 11 is 1.28. The summed E-state index contributed by atoms with van der Waals surface area (Å²) in [6.45, 7) is 7.87. The van der Waals surface area contributed by atoms with E-state index in [-0.39, 0.29) is 5.56 Å². The van der Waals surface area contributed by atoms with Crippen molar-refractivity contribution in [3.05, 3.63) is 90.0 Å². The van der Waals surface area contributed by atoms with Crippen LogP contribution in [-0.2, 0) is 9.53 Å². The van der Waals surface area contributed by atoms with Crippen LogP contribution in [0.4, 0.5) is 0 Å². The minimum atomic E-state index is -0.606. The molecule has 160 valence electrons. The summed E-state index contributed by atoms with van der Waals surface area (Å²) in [7, 11) is 1.34. The van der Waals surface area contributed by atoms with Gasteiger partial charge in [-0.25, -0.2) is 9.79 Å². The number of carbonyl (C=O) groups excluding carboxylic acids is 1. The van der Waals surface area contributed by atoms with Crippen LogP contribution in [0.1, 0.15) is 55.4 Å². The quantitative estimate of drug-likeness (QED) is 0.588. The van der Waals surface area contributed by atoms with Gasteiger partial charge in [0.1, 0.15) is 11.5 Å². The number of fused-ring (bicyclic) bond motifs is 1. The predicted octanol–water partition coefficient (Wildman–Crippen LogP) is 3.43. The highest BCUT2D eigenvalue weighted by molar-refractivity contribution is 7.07. The number of ether oxygens (including phenoxy) is 1. The fourth-order valence-corrected chi connectivity index (χ4v) is 4.76. The molecule has 3 aromatic rings. The lowest BCUT2D eigenvalue weighted by Crippen LogP contribution is -2.39. The highest BCUT2D eigenvalue weighted by Crippen LogP contribution is 2.31. The molecule has 6 nitrogen and oxygen atoms in total. The molecule has 1 atom stereocenters. The van der Waals surface area contributed by atoms with Crippen molar-refractivity contribution >= 4 is 23.4 Å². The lowest BCUT2D eigenvalue weighted by Gasteiger charge is -2.24. The number of hydrogen-bond donors (Lipinski definition) is 0. The van der Waals surface area contributed by atoms with E-state index in [9.17, 15) is 9.59 Å². The van der Waals surface area contributed by atoms with Gasteiger partial charge in [-0.05, 0) is 43.0 Å². The molecule has 0 N–H and O–H groups in total. The van der Waals surface area contributed by atoms with Crippen LogP contribution in [0.3, 0.4) is 0 Å². The van der Waals surface area contributed by atoms with Crippen molar-refractivity contribution in [3.8, 4) is 0 Å². The van der Waals surface area contributed by atoms with E-state index in [0.717, 1.165) is 11.3 Å². The van der Waals surface area contributed by atoms with Crippen molar-refractivity contribution < 1.29 is 13.9 Å². The van der Waals surface area contributed by atoms with E-state index in [0.29, 0.717) is 32.3 Å². The molecular formula is C24H24N2O4S. The van der Waals surface area contributed by atoms with Crippen molar-refractivity contribution in [1.82, 2.24) is 4.57 Å². The number of furan rings is 1. The largest absolute Gasteiger partial charge is 0.466 e. The van der Waals surface area contributed by atoms with E-state index in [1.165, 1.54) is 24.0 Å². The van der Waals surface area contributed by atoms with Crippen LogP contribution in [0.15, 0.2) is 61.9 Å². The number of aromatic nitrogens is 1. The number of thiazole rings is 1. The molecule has 3 heterocycles. The number of esters is 1. The van der Waals surface area contributed by atoms with E-state index in [4.69, 9.17) is 9.15 Å². The van der Waals surface area contributed by atoms with Crippen molar-refractivity contribution in [2.45, 2.75) is 39.7 Å². The molecule has 1 aliphatic rings. The maximum absolute atomic E-state index is 13.4. The fraction of sp³-hybridized carbons (Fsp3) is 0.292.